The van der Waals surface area contributed by atoms with Gasteiger partial charge in [-0.25, -0.2) is 0 Å². The molecule has 12 heavy (non-hydrogen) atoms. The molecule has 1 atom stereocenters. The molecule has 1 aromatic heterocycles. The number of hydrogen-bond donors (Lipinski definition) is 1. The Labute approximate surface area is 78.1 Å². The quantitative estimate of drug-likeness (QED) is 0.772. The monoisotopic (exact) mass is 229 g/mol. The summed E-state index contributed by atoms with van der Waals surface area (Å²) in [5.74, 6) is 0.0607. The second kappa shape index (κ2) is 2.90. The van der Waals surface area contributed by atoms with Gasteiger partial charge >= 0.3 is 0 Å². The Morgan fingerprint density at radius 2 is 2.58 bits per heavy atom. The molecule has 0 spiro atoms. The van der Waals surface area contributed by atoms with Gasteiger partial charge in [0.1, 0.15) is 6.04 Å². The number of amides is 1. The smallest absolute Gasteiger partial charge is 0.244 e. The minimum absolute atomic E-state index is 0.0607. The van der Waals surface area contributed by atoms with Crippen molar-refractivity contribution in [1.82, 2.24) is 15.1 Å². The van der Waals surface area contributed by atoms with Crippen molar-refractivity contribution in [2.45, 2.75) is 12.5 Å². The van der Waals surface area contributed by atoms with Crippen LogP contribution in [0.4, 0.5) is 0 Å². The van der Waals surface area contributed by atoms with Crippen LogP contribution in [0.25, 0.3) is 0 Å². The van der Waals surface area contributed by atoms with Gasteiger partial charge in [0.15, 0.2) is 0 Å². The number of halogens is 1. The van der Waals surface area contributed by atoms with Crippen molar-refractivity contribution >= 4 is 21.8 Å². The molecule has 2 rings (SSSR count). The van der Waals surface area contributed by atoms with Crippen LogP contribution < -0.4 is 5.32 Å². The highest BCUT2D eigenvalue weighted by Gasteiger charge is 2.25. The van der Waals surface area contributed by atoms with E-state index in [9.17, 15) is 4.79 Å². The zero-order valence-electron chi connectivity index (χ0n) is 6.33. The first-order valence-electron chi connectivity index (χ1n) is 3.75. The normalized spacial score (nSPS) is 22.8. The molecular formula is C7H8BrN3O. The Bertz CT molecular complexity index is 309. The van der Waals surface area contributed by atoms with Gasteiger partial charge in [0.2, 0.25) is 5.91 Å². The van der Waals surface area contributed by atoms with Crippen molar-refractivity contribution in [1.29, 1.82) is 0 Å². The van der Waals surface area contributed by atoms with Crippen molar-refractivity contribution in [2.24, 2.45) is 0 Å². The molecule has 1 aliphatic heterocycles. The van der Waals surface area contributed by atoms with Gasteiger partial charge in [-0.1, -0.05) is 0 Å². The molecule has 0 bridgehead atoms. The number of nitrogens with one attached hydrogen (secondary N) is 1. The standard InChI is InChI=1S/C7H8BrN3O/c8-5-3-10-11(4-5)6-1-2-9-7(6)12/h3-4,6H,1-2H2,(H,9,12). The van der Waals surface area contributed by atoms with Gasteiger partial charge in [0.05, 0.1) is 10.7 Å². The van der Waals surface area contributed by atoms with E-state index in [1.54, 1.807) is 10.9 Å². The number of nitrogens with zero attached hydrogens (tertiary/aromatic N) is 2. The summed E-state index contributed by atoms with van der Waals surface area (Å²) in [6, 6.07) is -0.115. The lowest BCUT2D eigenvalue weighted by atomic mass is 10.2. The van der Waals surface area contributed by atoms with E-state index < -0.39 is 0 Å². The van der Waals surface area contributed by atoms with Crippen molar-refractivity contribution in [2.75, 3.05) is 6.54 Å². The predicted molar refractivity (Wildman–Crippen MR) is 46.6 cm³/mol. The minimum atomic E-state index is -0.115. The number of aromatic nitrogens is 2. The molecule has 1 fully saturated rings. The zero-order valence-corrected chi connectivity index (χ0v) is 7.91. The molecule has 1 unspecified atom stereocenters. The van der Waals surface area contributed by atoms with Gasteiger partial charge in [0.25, 0.3) is 0 Å². The lowest BCUT2D eigenvalue weighted by Gasteiger charge is -2.05. The lowest BCUT2D eigenvalue weighted by Crippen LogP contribution is -2.21. The largest absolute Gasteiger partial charge is 0.354 e. The van der Waals surface area contributed by atoms with Gasteiger partial charge in [-0.15, -0.1) is 0 Å². The van der Waals surface area contributed by atoms with Crippen LogP contribution in [0.1, 0.15) is 12.5 Å². The van der Waals surface area contributed by atoms with Gasteiger partial charge in [0, 0.05) is 12.7 Å². The Kier molecular flexibility index (Phi) is 1.88. The summed E-state index contributed by atoms with van der Waals surface area (Å²) in [4.78, 5) is 11.2. The molecule has 1 saturated heterocycles. The minimum Gasteiger partial charge on any atom is -0.354 e. The number of carbonyl (C=O) groups is 1. The number of carbonyl (C=O) groups excluding carboxylic acids is 1. The van der Waals surface area contributed by atoms with Crippen molar-refractivity contribution in [3.63, 3.8) is 0 Å². The average Bonchev–Trinajstić information content (AvgIpc) is 2.58. The number of rotatable bonds is 1. The highest BCUT2D eigenvalue weighted by molar-refractivity contribution is 9.10. The molecule has 0 radical (unpaired) electrons. The van der Waals surface area contributed by atoms with Crippen LogP contribution in [0.5, 0.6) is 0 Å². The van der Waals surface area contributed by atoms with E-state index in [2.05, 4.69) is 26.3 Å². The third-order valence-electron chi connectivity index (χ3n) is 1.91. The van der Waals surface area contributed by atoms with E-state index in [0.717, 1.165) is 17.4 Å². The van der Waals surface area contributed by atoms with Crippen molar-refractivity contribution < 1.29 is 4.79 Å². The second-order valence-corrected chi connectivity index (χ2v) is 3.65. The fourth-order valence-corrected chi connectivity index (χ4v) is 1.62. The highest BCUT2D eigenvalue weighted by atomic mass is 79.9. The molecule has 4 nitrogen and oxygen atoms in total. The summed E-state index contributed by atoms with van der Waals surface area (Å²) in [5.41, 5.74) is 0. The summed E-state index contributed by atoms with van der Waals surface area (Å²) in [6.07, 6.45) is 4.33. The van der Waals surface area contributed by atoms with E-state index in [-0.39, 0.29) is 11.9 Å². The summed E-state index contributed by atoms with van der Waals surface area (Å²) in [5, 5.41) is 6.82. The van der Waals surface area contributed by atoms with E-state index >= 15 is 0 Å². The van der Waals surface area contributed by atoms with E-state index in [1.807, 2.05) is 6.20 Å². The van der Waals surface area contributed by atoms with Crippen molar-refractivity contribution in [3.05, 3.63) is 16.9 Å². The average molecular weight is 230 g/mol. The maximum atomic E-state index is 11.2. The van der Waals surface area contributed by atoms with Crippen LogP contribution in [-0.2, 0) is 4.79 Å². The molecule has 0 aliphatic carbocycles. The Morgan fingerprint density at radius 1 is 1.75 bits per heavy atom. The summed E-state index contributed by atoms with van der Waals surface area (Å²) in [7, 11) is 0. The third-order valence-corrected chi connectivity index (χ3v) is 2.32. The number of hydrogen-bond acceptors (Lipinski definition) is 2. The van der Waals surface area contributed by atoms with E-state index in [1.165, 1.54) is 0 Å². The molecule has 2 heterocycles. The Morgan fingerprint density at radius 3 is 3.08 bits per heavy atom. The zero-order chi connectivity index (χ0) is 8.55. The third kappa shape index (κ3) is 1.24. The van der Waals surface area contributed by atoms with Crippen LogP contribution in [0.15, 0.2) is 16.9 Å². The molecule has 0 aromatic carbocycles. The molecule has 1 N–H and O–H groups in total. The maximum absolute atomic E-state index is 11.2. The fraction of sp³-hybridized carbons (Fsp3) is 0.429. The van der Waals surface area contributed by atoms with Gasteiger partial charge in [-0.2, -0.15) is 5.10 Å². The van der Waals surface area contributed by atoms with E-state index in [0.29, 0.717) is 0 Å². The second-order valence-electron chi connectivity index (χ2n) is 2.73. The first kappa shape index (κ1) is 7.79. The predicted octanol–water partition coefficient (Wildman–Crippen LogP) is 0.707. The molecule has 5 heteroatoms. The molecule has 1 aromatic rings. The van der Waals surface area contributed by atoms with Crippen LogP contribution in [0, 0.1) is 0 Å². The maximum Gasteiger partial charge on any atom is 0.244 e. The van der Waals surface area contributed by atoms with Crippen LogP contribution in [0.2, 0.25) is 0 Å². The molecule has 64 valence electrons. The van der Waals surface area contributed by atoms with Gasteiger partial charge in [-0.05, 0) is 22.4 Å². The molecule has 1 aliphatic rings. The summed E-state index contributed by atoms with van der Waals surface area (Å²) < 4.78 is 2.59. The van der Waals surface area contributed by atoms with Crippen LogP contribution in [0.3, 0.4) is 0 Å². The summed E-state index contributed by atoms with van der Waals surface area (Å²) >= 11 is 3.28. The summed E-state index contributed by atoms with van der Waals surface area (Å²) in [6.45, 7) is 0.751. The molecule has 1 amide bonds. The van der Waals surface area contributed by atoms with E-state index in [4.69, 9.17) is 0 Å². The first-order valence-corrected chi connectivity index (χ1v) is 4.54. The lowest BCUT2D eigenvalue weighted by molar-refractivity contribution is -0.122. The SMILES string of the molecule is O=C1NCCC1n1cc(Br)cn1. The van der Waals surface area contributed by atoms with Gasteiger partial charge in [-0.3, -0.25) is 9.48 Å². The Hall–Kier alpha value is -0.840. The van der Waals surface area contributed by atoms with Crippen molar-refractivity contribution in [3.8, 4) is 0 Å². The van der Waals surface area contributed by atoms with Crippen LogP contribution >= 0.6 is 15.9 Å². The fourth-order valence-electron chi connectivity index (χ4n) is 1.32. The van der Waals surface area contributed by atoms with Gasteiger partial charge < -0.3 is 5.32 Å². The van der Waals surface area contributed by atoms with Crippen LogP contribution in [-0.4, -0.2) is 22.2 Å². The molecule has 0 saturated carbocycles. The topological polar surface area (TPSA) is 46.9 Å². The Balaban J connectivity index is 2.24. The highest BCUT2D eigenvalue weighted by Crippen LogP contribution is 2.17. The first-order chi connectivity index (χ1) is 5.77. The molecular weight excluding hydrogens is 222 g/mol.